The second kappa shape index (κ2) is 4.54. The highest BCUT2D eigenvalue weighted by Gasteiger charge is 2.33. The average Bonchev–Trinajstić information content (AvgIpc) is 3.14. The summed E-state index contributed by atoms with van der Waals surface area (Å²) in [5.74, 6) is 0. The molecule has 2 aromatic heterocycles. The minimum atomic E-state index is 0.394. The monoisotopic (exact) mass is 322 g/mol. The van der Waals surface area contributed by atoms with Crippen molar-refractivity contribution in [3.63, 3.8) is 0 Å². The summed E-state index contributed by atoms with van der Waals surface area (Å²) in [4.78, 5) is 0. The molecule has 0 spiro atoms. The number of rotatable bonds is 0. The van der Waals surface area contributed by atoms with Gasteiger partial charge in [-0.05, 0) is 47.2 Å². The van der Waals surface area contributed by atoms with Crippen molar-refractivity contribution in [1.82, 2.24) is 0 Å². The van der Waals surface area contributed by atoms with Crippen molar-refractivity contribution in [2.75, 3.05) is 0 Å². The van der Waals surface area contributed by atoms with Crippen LogP contribution >= 0.6 is 0 Å². The van der Waals surface area contributed by atoms with Crippen molar-refractivity contribution >= 4 is 10.8 Å². The van der Waals surface area contributed by atoms with Gasteiger partial charge in [-0.3, -0.25) is 0 Å². The Morgan fingerprint density at radius 2 is 1.56 bits per heavy atom. The van der Waals surface area contributed by atoms with Crippen LogP contribution in [0.15, 0.2) is 73.1 Å². The minimum absolute atomic E-state index is 0.394. The molecule has 0 bridgehead atoms. The SMILES string of the molecule is CC1c2cc3cc4c(cc3cc2-c2cccc[n+]21)C[n+]1ccccc1-4. The number of fused-ring (bicyclic) bond motifs is 7. The molecule has 2 aliphatic rings. The van der Waals surface area contributed by atoms with E-state index in [1.165, 1.54) is 44.4 Å². The van der Waals surface area contributed by atoms with Crippen LogP contribution in [0.4, 0.5) is 0 Å². The minimum Gasteiger partial charge on any atom is -0.194 e. The fourth-order valence-corrected chi connectivity index (χ4v) is 4.57. The lowest BCUT2D eigenvalue weighted by Crippen LogP contribution is -2.35. The lowest BCUT2D eigenvalue weighted by molar-refractivity contribution is -0.694. The van der Waals surface area contributed by atoms with Crippen LogP contribution in [-0.2, 0) is 6.54 Å². The Morgan fingerprint density at radius 3 is 2.48 bits per heavy atom. The fraction of sp³-hybridized carbons (Fsp3) is 0.130. The topological polar surface area (TPSA) is 7.76 Å². The van der Waals surface area contributed by atoms with Crippen molar-refractivity contribution in [3.8, 4) is 22.5 Å². The van der Waals surface area contributed by atoms with Crippen molar-refractivity contribution in [1.29, 1.82) is 0 Å². The molecule has 0 saturated heterocycles. The summed E-state index contributed by atoms with van der Waals surface area (Å²) < 4.78 is 4.72. The summed E-state index contributed by atoms with van der Waals surface area (Å²) in [6.45, 7) is 3.26. The van der Waals surface area contributed by atoms with Crippen molar-refractivity contribution in [2.24, 2.45) is 0 Å². The third kappa shape index (κ3) is 1.69. The van der Waals surface area contributed by atoms with E-state index in [2.05, 4.69) is 89.1 Å². The quantitative estimate of drug-likeness (QED) is 0.380. The molecule has 0 aliphatic carbocycles. The maximum atomic E-state index is 2.40. The molecule has 118 valence electrons. The summed E-state index contributed by atoms with van der Waals surface area (Å²) >= 11 is 0. The van der Waals surface area contributed by atoms with E-state index >= 15 is 0 Å². The van der Waals surface area contributed by atoms with Crippen LogP contribution < -0.4 is 9.13 Å². The molecule has 2 aliphatic heterocycles. The van der Waals surface area contributed by atoms with Crippen LogP contribution in [0.5, 0.6) is 0 Å². The van der Waals surface area contributed by atoms with E-state index in [4.69, 9.17) is 0 Å². The van der Waals surface area contributed by atoms with Gasteiger partial charge in [0.15, 0.2) is 25.0 Å². The zero-order valence-corrected chi connectivity index (χ0v) is 14.1. The molecule has 1 atom stereocenters. The summed E-state index contributed by atoms with van der Waals surface area (Å²) in [7, 11) is 0. The van der Waals surface area contributed by atoms with E-state index in [-0.39, 0.29) is 0 Å². The molecule has 0 fully saturated rings. The van der Waals surface area contributed by atoms with Gasteiger partial charge >= 0.3 is 0 Å². The Balaban J connectivity index is 1.63. The molecule has 2 nitrogen and oxygen atoms in total. The van der Waals surface area contributed by atoms with Gasteiger partial charge in [0.25, 0.3) is 0 Å². The third-order valence-corrected chi connectivity index (χ3v) is 5.82. The van der Waals surface area contributed by atoms with Gasteiger partial charge in [-0.2, -0.15) is 9.13 Å². The zero-order chi connectivity index (χ0) is 16.5. The molecule has 0 radical (unpaired) electrons. The third-order valence-electron chi connectivity index (χ3n) is 5.82. The normalized spacial score (nSPS) is 16.4. The molecular weight excluding hydrogens is 304 g/mol. The Hall–Kier alpha value is -3.00. The fourth-order valence-electron chi connectivity index (χ4n) is 4.57. The molecule has 0 saturated carbocycles. The summed E-state index contributed by atoms with van der Waals surface area (Å²) in [6.07, 6.45) is 4.37. The molecule has 1 unspecified atom stereocenters. The largest absolute Gasteiger partial charge is 0.213 e. The molecule has 2 heteroatoms. The Kier molecular flexibility index (Phi) is 2.42. The second-order valence-corrected chi connectivity index (χ2v) is 7.18. The van der Waals surface area contributed by atoms with Gasteiger partial charge in [-0.15, -0.1) is 0 Å². The number of hydrogen-bond acceptors (Lipinski definition) is 0. The van der Waals surface area contributed by atoms with Gasteiger partial charge in [0.1, 0.15) is 0 Å². The Morgan fingerprint density at radius 1 is 0.800 bits per heavy atom. The van der Waals surface area contributed by atoms with E-state index < -0.39 is 0 Å². The van der Waals surface area contributed by atoms with Crippen LogP contribution in [0.25, 0.3) is 33.3 Å². The van der Waals surface area contributed by atoms with Crippen LogP contribution in [0.2, 0.25) is 0 Å². The van der Waals surface area contributed by atoms with E-state index in [0.717, 1.165) is 6.54 Å². The van der Waals surface area contributed by atoms with Crippen molar-refractivity contribution in [3.05, 3.63) is 84.2 Å². The van der Waals surface area contributed by atoms with Crippen LogP contribution in [0.1, 0.15) is 24.1 Å². The van der Waals surface area contributed by atoms with Crippen LogP contribution in [-0.4, -0.2) is 0 Å². The summed E-state index contributed by atoms with van der Waals surface area (Å²) in [5.41, 5.74) is 8.26. The number of aromatic nitrogens is 2. The predicted octanol–water partition coefficient (Wildman–Crippen LogP) is 4.03. The highest BCUT2D eigenvalue weighted by Crippen LogP contribution is 2.38. The van der Waals surface area contributed by atoms with Gasteiger partial charge in [0, 0.05) is 42.3 Å². The van der Waals surface area contributed by atoms with E-state index in [0.29, 0.717) is 6.04 Å². The molecule has 6 rings (SSSR count). The lowest BCUT2D eigenvalue weighted by Gasteiger charge is -2.05. The molecule has 0 amide bonds. The molecular formula is C23H18N2+2. The highest BCUT2D eigenvalue weighted by molar-refractivity contribution is 5.93. The number of hydrogen-bond donors (Lipinski definition) is 0. The Bertz CT molecular complexity index is 1190. The highest BCUT2D eigenvalue weighted by atomic mass is 15.0. The van der Waals surface area contributed by atoms with E-state index in [1.54, 1.807) is 0 Å². The standard InChI is InChI=1S/C23H18N2/c1-15-19-11-17-12-20-18(14-24-8-4-2-6-22(20)24)10-16(17)13-21(19)23-7-3-5-9-25(15)23/h2-13,15H,14H2,1H3/q+2. The number of pyridine rings is 2. The zero-order valence-electron chi connectivity index (χ0n) is 14.1. The number of benzene rings is 2. The summed E-state index contributed by atoms with van der Waals surface area (Å²) in [6, 6.07) is 22.9. The maximum Gasteiger partial charge on any atom is 0.213 e. The van der Waals surface area contributed by atoms with E-state index in [1.807, 2.05) is 0 Å². The van der Waals surface area contributed by atoms with Crippen LogP contribution in [0.3, 0.4) is 0 Å². The first kappa shape index (κ1) is 13.3. The van der Waals surface area contributed by atoms with Gasteiger partial charge in [-0.1, -0.05) is 0 Å². The first-order valence-electron chi connectivity index (χ1n) is 8.89. The van der Waals surface area contributed by atoms with Crippen molar-refractivity contribution < 1.29 is 9.13 Å². The lowest BCUT2D eigenvalue weighted by atomic mass is 9.94. The molecule has 4 heterocycles. The van der Waals surface area contributed by atoms with Gasteiger partial charge in [-0.25, -0.2) is 0 Å². The Labute approximate surface area is 146 Å². The van der Waals surface area contributed by atoms with Gasteiger partial charge < -0.3 is 0 Å². The first-order chi connectivity index (χ1) is 12.3. The number of nitrogens with zero attached hydrogens (tertiary/aromatic N) is 2. The van der Waals surface area contributed by atoms with Gasteiger partial charge in [0.2, 0.25) is 11.4 Å². The molecule has 4 aromatic rings. The molecule has 25 heavy (non-hydrogen) atoms. The van der Waals surface area contributed by atoms with Crippen molar-refractivity contribution in [2.45, 2.75) is 19.5 Å². The smallest absolute Gasteiger partial charge is 0.194 e. The predicted molar refractivity (Wildman–Crippen MR) is 98.1 cm³/mol. The van der Waals surface area contributed by atoms with E-state index in [9.17, 15) is 0 Å². The van der Waals surface area contributed by atoms with Gasteiger partial charge in [0.05, 0.1) is 11.1 Å². The maximum absolute atomic E-state index is 2.40. The van der Waals surface area contributed by atoms with Crippen LogP contribution in [0, 0.1) is 0 Å². The molecule has 0 N–H and O–H groups in total. The average molecular weight is 322 g/mol. The molecule has 2 aromatic carbocycles. The first-order valence-corrected chi connectivity index (χ1v) is 8.89. The second-order valence-electron chi connectivity index (χ2n) is 7.18. The summed E-state index contributed by atoms with van der Waals surface area (Å²) in [5, 5.41) is 2.69.